The van der Waals surface area contributed by atoms with Gasteiger partial charge in [0.15, 0.2) is 0 Å². The maximum Gasteiger partial charge on any atom is 0.252 e. The van der Waals surface area contributed by atoms with Gasteiger partial charge in [0.05, 0.1) is 5.56 Å². The van der Waals surface area contributed by atoms with E-state index in [0.717, 1.165) is 29.2 Å². The Morgan fingerprint density at radius 1 is 1.36 bits per heavy atom. The number of aromatic amines is 1. The molecule has 1 fully saturated rings. The molecule has 1 atom stereocenters. The molecule has 7 heteroatoms. The number of hydrogen-bond donors (Lipinski definition) is 3. The number of halogens is 2. The predicted octanol–water partition coefficient (Wildman–Crippen LogP) is 2.19. The first-order valence-corrected chi connectivity index (χ1v) is 7.77. The second-order valence-electron chi connectivity index (χ2n) is 5.24. The summed E-state index contributed by atoms with van der Waals surface area (Å²) in [4.78, 5) is 26.8. The van der Waals surface area contributed by atoms with Crippen molar-refractivity contribution in [2.24, 2.45) is 0 Å². The maximum atomic E-state index is 12.4. The minimum Gasteiger partial charge on any atom is -0.350 e. The molecule has 3 N–H and O–H groups in total. The molecule has 0 bridgehead atoms. The molecule has 5 nitrogen and oxygen atoms in total. The van der Waals surface area contributed by atoms with Crippen molar-refractivity contribution in [2.45, 2.75) is 18.9 Å². The Morgan fingerprint density at radius 3 is 2.91 bits per heavy atom. The van der Waals surface area contributed by atoms with Crippen LogP contribution in [0, 0.1) is 0 Å². The summed E-state index contributed by atoms with van der Waals surface area (Å²) in [6.45, 7) is 1.59. The zero-order chi connectivity index (χ0) is 14.8. The van der Waals surface area contributed by atoms with E-state index < -0.39 is 0 Å². The molecule has 2 aromatic rings. The average molecular weight is 387 g/mol. The standard InChI is InChI=1S/C15H16BrN3O2.ClH/c16-9-3-4-13-11(6-9)12(7-14(20)19-13)15(21)18-8-10-2-1-5-17-10;/h3-4,6-7,10,17H,1-2,5,8H2,(H,18,21)(H,19,20);1H. The van der Waals surface area contributed by atoms with Crippen LogP contribution >= 0.6 is 28.3 Å². The Labute approximate surface area is 142 Å². The van der Waals surface area contributed by atoms with E-state index >= 15 is 0 Å². The van der Waals surface area contributed by atoms with E-state index in [1.54, 1.807) is 6.07 Å². The average Bonchev–Trinajstić information content (AvgIpc) is 2.97. The van der Waals surface area contributed by atoms with E-state index in [0.29, 0.717) is 23.7 Å². The van der Waals surface area contributed by atoms with Gasteiger partial charge in [-0.1, -0.05) is 15.9 Å². The van der Waals surface area contributed by atoms with Gasteiger partial charge in [0.2, 0.25) is 5.56 Å². The van der Waals surface area contributed by atoms with Crippen LogP contribution in [0.25, 0.3) is 10.9 Å². The summed E-state index contributed by atoms with van der Waals surface area (Å²) in [6.07, 6.45) is 2.21. The third kappa shape index (κ3) is 3.69. The quantitative estimate of drug-likeness (QED) is 0.757. The number of carbonyl (C=O) groups excluding carboxylic acids is 1. The zero-order valence-electron chi connectivity index (χ0n) is 11.8. The highest BCUT2D eigenvalue weighted by Gasteiger charge is 2.17. The number of carbonyl (C=O) groups is 1. The minimum absolute atomic E-state index is 0. The lowest BCUT2D eigenvalue weighted by Gasteiger charge is -2.12. The largest absolute Gasteiger partial charge is 0.350 e. The van der Waals surface area contributed by atoms with Crippen molar-refractivity contribution in [3.8, 4) is 0 Å². The molecule has 1 aromatic carbocycles. The molecule has 22 heavy (non-hydrogen) atoms. The second kappa shape index (κ2) is 7.26. The monoisotopic (exact) mass is 385 g/mol. The molecule has 0 aliphatic carbocycles. The van der Waals surface area contributed by atoms with Crippen LogP contribution in [-0.2, 0) is 0 Å². The van der Waals surface area contributed by atoms with Gasteiger partial charge in [-0.15, -0.1) is 12.4 Å². The van der Waals surface area contributed by atoms with E-state index in [2.05, 4.69) is 31.5 Å². The van der Waals surface area contributed by atoms with E-state index in [4.69, 9.17) is 0 Å². The predicted molar refractivity (Wildman–Crippen MR) is 92.9 cm³/mol. The lowest BCUT2D eigenvalue weighted by Crippen LogP contribution is -2.37. The highest BCUT2D eigenvalue weighted by Crippen LogP contribution is 2.20. The minimum atomic E-state index is -0.269. The van der Waals surface area contributed by atoms with Crippen LogP contribution in [-0.4, -0.2) is 30.0 Å². The third-order valence-electron chi connectivity index (χ3n) is 3.72. The Kier molecular flexibility index (Phi) is 5.61. The first kappa shape index (κ1) is 17.0. The first-order valence-electron chi connectivity index (χ1n) is 6.97. The molecule has 0 radical (unpaired) electrons. The SMILES string of the molecule is Cl.O=C(NCC1CCCN1)c1cc(=O)[nH]c2ccc(Br)cc12. The second-order valence-corrected chi connectivity index (χ2v) is 6.16. The van der Waals surface area contributed by atoms with E-state index in [1.807, 2.05) is 12.1 Å². The van der Waals surface area contributed by atoms with Crippen molar-refractivity contribution in [1.82, 2.24) is 15.6 Å². The first-order chi connectivity index (χ1) is 10.1. The van der Waals surface area contributed by atoms with Gasteiger partial charge in [-0.05, 0) is 37.6 Å². The number of H-pyrrole nitrogens is 1. The molecule has 1 aliphatic rings. The van der Waals surface area contributed by atoms with Crippen LogP contribution in [0.15, 0.2) is 33.5 Å². The topological polar surface area (TPSA) is 74.0 Å². The van der Waals surface area contributed by atoms with E-state index in [-0.39, 0.29) is 23.9 Å². The Hall–Kier alpha value is -1.37. The number of aromatic nitrogens is 1. The number of rotatable bonds is 3. The normalized spacial score (nSPS) is 17.2. The molecule has 1 aliphatic heterocycles. The molecule has 118 valence electrons. The summed E-state index contributed by atoms with van der Waals surface area (Å²) in [5.41, 5.74) is 0.803. The fraction of sp³-hybridized carbons (Fsp3) is 0.333. The molecule has 1 unspecified atom stereocenters. The molecular formula is C15H17BrClN3O2. The molecular weight excluding hydrogens is 370 g/mol. The Bertz CT molecular complexity index is 741. The van der Waals surface area contributed by atoms with Crippen LogP contribution in [0.4, 0.5) is 0 Å². The van der Waals surface area contributed by atoms with Gasteiger partial charge in [0, 0.05) is 34.0 Å². The molecule has 0 spiro atoms. The Morgan fingerprint density at radius 2 is 2.18 bits per heavy atom. The van der Waals surface area contributed by atoms with Crippen molar-refractivity contribution in [3.63, 3.8) is 0 Å². The highest BCUT2D eigenvalue weighted by molar-refractivity contribution is 9.10. The number of nitrogens with one attached hydrogen (secondary N) is 3. The van der Waals surface area contributed by atoms with Gasteiger partial charge in [-0.2, -0.15) is 0 Å². The zero-order valence-corrected chi connectivity index (χ0v) is 14.2. The smallest absolute Gasteiger partial charge is 0.252 e. The Balaban J connectivity index is 0.00000176. The number of pyridine rings is 1. The molecule has 1 aromatic heterocycles. The summed E-state index contributed by atoms with van der Waals surface area (Å²) < 4.78 is 0.869. The molecule has 1 saturated heterocycles. The van der Waals surface area contributed by atoms with Crippen LogP contribution in [0.2, 0.25) is 0 Å². The van der Waals surface area contributed by atoms with Gasteiger partial charge >= 0.3 is 0 Å². The van der Waals surface area contributed by atoms with Gasteiger partial charge in [0.1, 0.15) is 0 Å². The summed E-state index contributed by atoms with van der Waals surface area (Å²) in [5, 5.41) is 6.98. The van der Waals surface area contributed by atoms with Crippen molar-refractivity contribution in [2.75, 3.05) is 13.1 Å². The fourth-order valence-electron chi connectivity index (χ4n) is 2.66. The van der Waals surface area contributed by atoms with Gasteiger partial charge in [-0.25, -0.2) is 0 Å². The molecule has 0 saturated carbocycles. The van der Waals surface area contributed by atoms with Crippen molar-refractivity contribution >= 4 is 45.1 Å². The number of benzene rings is 1. The molecule has 1 amide bonds. The van der Waals surface area contributed by atoms with E-state index in [1.165, 1.54) is 6.07 Å². The van der Waals surface area contributed by atoms with Crippen LogP contribution < -0.4 is 16.2 Å². The third-order valence-corrected chi connectivity index (χ3v) is 4.21. The van der Waals surface area contributed by atoms with Gasteiger partial charge in [0.25, 0.3) is 5.91 Å². The molecule has 2 heterocycles. The lowest BCUT2D eigenvalue weighted by molar-refractivity contribution is 0.0952. The lowest BCUT2D eigenvalue weighted by atomic mass is 10.1. The number of fused-ring (bicyclic) bond motifs is 1. The summed E-state index contributed by atoms with van der Waals surface area (Å²) >= 11 is 3.39. The van der Waals surface area contributed by atoms with Crippen molar-refractivity contribution in [3.05, 3.63) is 44.7 Å². The van der Waals surface area contributed by atoms with Crippen LogP contribution in [0.5, 0.6) is 0 Å². The summed E-state index contributed by atoms with van der Waals surface area (Å²) in [7, 11) is 0. The fourth-order valence-corrected chi connectivity index (χ4v) is 3.02. The summed E-state index contributed by atoms with van der Waals surface area (Å²) in [6, 6.07) is 7.15. The van der Waals surface area contributed by atoms with Gasteiger partial charge in [-0.3, -0.25) is 9.59 Å². The van der Waals surface area contributed by atoms with Crippen LogP contribution in [0.3, 0.4) is 0 Å². The van der Waals surface area contributed by atoms with Crippen molar-refractivity contribution in [1.29, 1.82) is 0 Å². The highest BCUT2D eigenvalue weighted by atomic mass is 79.9. The van der Waals surface area contributed by atoms with Crippen molar-refractivity contribution < 1.29 is 4.79 Å². The number of hydrogen-bond acceptors (Lipinski definition) is 3. The van der Waals surface area contributed by atoms with Gasteiger partial charge < -0.3 is 15.6 Å². The summed E-state index contributed by atoms with van der Waals surface area (Å²) in [5.74, 6) is -0.210. The molecule has 3 rings (SSSR count). The number of amides is 1. The van der Waals surface area contributed by atoms with Crippen LogP contribution in [0.1, 0.15) is 23.2 Å². The van der Waals surface area contributed by atoms with E-state index in [9.17, 15) is 9.59 Å². The maximum absolute atomic E-state index is 12.4.